The lowest BCUT2D eigenvalue weighted by atomic mass is 10.1. The lowest BCUT2D eigenvalue weighted by Gasteiger charge is -2.22. The summed E-state index contributed by atoms with van der Waals surface area (Å²) in [5, 5.41) is 2.61. The van der Waals surface area contributed by atoms with Crippen molar-refractivity contribution in [1.29, 1.82) is 0 Å². The van der Waals surface area contributed by atoms with Gasteiger partial charge in [-0.1, -0.05) is 0 Å². The SMILES string of the molecule is O=C1CCCC(=O)N1c1cccs1. The standard InChI is InChI=1S/C9H9NO2S/c11-7-3-1-4-8(12)10(7)9-5-2-6-13-9/h2,5-6H,1,3-4H2. The highest BCUT2D eigenvalue weighted by molar-refractivity contribution is 7.14. The van der Waals surface area contributed by atoms with Crippen LogP contribution in [0.3, 0.4) is 0 Å². The average Bonchev–Trinajstić information content (AvgIpc) is 2.57. The zero-order valence-electron chi connectivity index (χ0n) is 7.03. The van der Waals surface area contributed by atoms with E-state index >= 15 is 0 Å². The molecule has 1 saturated heterocycles. The monoisotopic (exact) mass is 195 g/mol. The van der Waals surface area contributed by atoms with E-state index in [9.17, 15) is 9.59 Å². The smallest absolute Gasteiger partial charge is 0.234 e. The summed E-state index contributed by atoms with van der Waals surface area (Å²) in [4.78, 5) is 24.1. The Hall–Kier alpha value is -1.16. The fraction of sp³-hybridized carbons (Fsp3) is 0.333. The Balaban J connectivity index is 2.29. The summed E-state index contributed by atoms with van der Waals surface area (Å²) in [5.74, 6) is -0.141. The summed E-state index contributed by atoms with van der Waals surface area (Å²) in [6.07, 6.45) is 1.67. The Kier molecular flexibility index (Phi) is 2.14. The number of amides is 2. The molecular weight excluding hydrogens is 186 g/mol. The van der Waals surface area contributed by atoms with Gasteiger partial charge in [0, 0.05) is 12.8 Å². The van der Waals surface area contributed by atoms with E-state index in [4.69, 9.17) is 0 Å². The lowest BCUT2D eigenvalue weighted by molar-refractivity contribution is -0.128. The predicted molar refractivity (Wildman–Crippen MR) is 50.7 cm³/mol. The molecule has 0 saturated carbocycles. The molecule has 0 radical (unpaired) electrons. The highest BCUT2D eigenvalue weighted by atomic mass is 32.1. The molecule has 0 bridgehead atoms. The fourth-order valence-corrected chi connectivity index (χ4v) is 2.16. The van der Waals surface area contributed by atoms with Crippen LogP contribution >= 0.6 is 11.3 Å². The minimum atomic E-state index is -0.0706. The molecule has 0 N–H and O–H groups in total. The van der Waals surface area contributed by atoms with Crippen LogP contribution in [0.1, 0.15) is 19.3 Å². The summed E-state index contributed by atoms with van der Waals surface area (Å²) in [6.45, 7) is 0. The first kappa shape index (κ1) is 8.44. The van der Waals surface area contributed by atoms with Crippen LogP contribution in [0.4, 0.5) is 5.00 Å². The van der Waals surface area contributed by atoms with Crippen molar-refractivity contribution in [3.8, 4) is 0 Å². The third kappa shape index (κ3) is 1.49. The minimum absolute atomic E-state index is 0.0706. The third-order valence-electron chi connectivity index (χ3n) is 2.01. The van der Waals surface area contributed by atoms with Crippen LogP contribution in [0.5, 0.6) is 0 Å². The average molecular weight is 195 g/mol. The Labute approximate surface area is 80.0 Å². The van der Waals surface area contributed by atoms with Crippen LogP contribution in [-0.2, 0) is 9.59 Å². The van der Waals surface area contributed by atoms with Crippen molar-refractivity contribution < 1.29 is 9.59 Å². The second-order valence-electron chi connectivity index (χ2n) is 2.93. The second-order valence-corrected chi connectivity index (χ2v) is 3.85. The van der Waals surface area contributed by atoms with Gasteiger partial charge >= 0.3 is 0 Å². The summed E-state index contributed by atoms with van der Waals surface area (Å²) < 4.78 is 0. The number of piperidine rings is 1. The molecule has 1 aliphatic rings. The van der Waals surface area contributed by atoms with E-state index in [0.717, 1.165) is 5.00 Å². The molecule has 0 aliphatic carbocycles. The third-order valence-corrected chi connectivity index (χ3v) is 2.86. The molecule has 3 nitrogen and oxygen atoms in total. The van der Waals surface area contributed by atoms with Gasteiger partial charge in [0.2, 0.25) is 11.8 Å². The van der Waals surface area contributed by atoms with Crippen molar-refractivity contribution in [3.05, 3.63) is 17.5 Å². The molecule has 2 amide bonds. The molecule has 0 aromatic carbocycles. The highest BCUT2D eigenvalue weighted by Crippen LogP contribution is 2.26. The van der Waals surface area contributed by atoms with Gasteiger partial charge in [-0.05, 0) is 23.9 Å². The molecule has 1 fully saturated rings. The van der Waals surface area contributed by atoms with Crippen molar-refractivity contribution in [2.75, 3.05) is 4.90 Å². The summed E-state index contributed by atoms with van der Waals surface area (Å²) in [7, 11) is 0. The van der Waals surface area contributed by atoms with Crippen LogP contribution in [0.15, 0.2) is 17.5 Å². The van der Waals surface area contributed by atoms with Crippen molar-refractivity contribution in [2.45, 2.75) is 19.3 Å². The highest BCUT2D eigenvalue weighted by Gasteiger charge is 2.27. The van der Waals surface area contributed by atoms with Gasteiger partial charge in [-0.3, -0.25) is 9.59 Å². The van der Waals surface area contributed by atoms with E-state index in [1.165, 1.54) is 16.2 Å². The van der Waals surface area contributed by atoms with E-state index < -0.39 is 0 Å². The first-order valence-corrected chi connectivity index (χ1v) is 5.06. The van der Waals surface area contributed by atoms with E-state index in [2.05, 4.69) is 0 Å². The number of imide groups is 1. The molecule has 1 aliphatic heterocycles. The van der Waals surface area contributed by atoms with Gasteiger partial charge in [0.15, 0.2) is 0 Å². The normalized spacial score (nSPS) is 18.0. The van der Waals surface area contributed by atoms with Crippen LogP contribution in [0.25, 0.3) is 0 Å². The Morgan fingerprint density at radius 2 is 1.92 bits per heavy atom. The first-order chi connectivity index (χ1) is 6.29. The molecule has 68 valence electrons. The van der Waals surface area contributed by atoms with Gasteiger partial charge in [0.05, 0.1) is 0 Å². The van der Waals surface area contributed by atoms with Crippen LogP contribution in [0.2, 0.25) is 0 Å². The zero-order valence-corrected chi connectivity index (χ0v) is 7.84. The molecule has 0 unspecified atom stereocenters. The Morgan fingerprint density at radius 3 is 2.46 bits per heavy atom. The lowest BCUT2D eigenvalue weighted by Crippen LogP contribution is -2.39. The summed E-state index contributed by atoms with van der Waals surface area (Å²) in [5.41, 5.74) is 0. The molecule has 0 atom stereocenters. The second kappa shape index (κ2) is 3.30. The van der Waals surface area contributed by atoms with Gasteiger partial charge in [-0.25, -0.2) is 4.90 Å². The number of anilines is 1. The zero-order chi connectivity index (χ0) is 9.26. The molecule has 2 heterocycles. The molecule has 4 heteroatoms. The van der Waals surface area contributed by atoms with Gasteiger partial charge in [0.1, 0.15) is 5.00 Å². The minimum Gasteiger partial charge on any atom is -0.274 e. The largest absolute Gasteiger partial charge is 0.274 e. The van der Waals surface area contributed by atoms with Gasteiger partial charge in [0.25, 0.3) is 0 Å². The van der Waals surface area contributed by atoms with Crippen molar-refractivity contribution >= 4 is 28.2 Å². The van der Waals surface area contributed by atoms with Crippen molar-refractivity contribution in [1.82, 2.24) is 0 Å². The van der Waals surface area contributed by atoms with Crippen molar-refractivity contribution in [2.24, 2.45) is 0 Å². The summed E-state index contributed by atoms with van der Waals surface area (Å²) >= 11 is 1.42. The van der Waals surface area contributed by atoms with Crippen LogP contribution in [0, 0.1) is 0 Å². The molecular formula is C9H9NO2S. The van der Waals surface area contributed by atoms with E-state index in [1.54, 1.807) is 6.07 Å². The number of thiophene rings is 1. The van der Waals surface area contributed by atoms with E-state index in [1.807, 2.05) is 11.4 Å². The number of hydrogen-bond donors (Lipinski definition) is 0. The molecule has 1 aromatic heterocycles. The van der Waals surface area contributed by atoms with Gasteiger partial charge in [-0.2, -0.15) is 0 Å². The van der Waals surface area contributed by atoms with Crippen LogP contribution < -0.4 is 4.90 Å². The maximum atomic E-state index is 11.4. The quantitative estimate of drug-likeness (QED) is 0.641. The number of carbonyl (C=O) groups is 2. The van der Waals surface area contributed by atoms with Crippen molar-refractivity contribution in [3.63, 3.8) is 0 Å². The topological polar surface area (TPSA) is 37.4 Å². The van der Waals surface area contributed by atoms with E-state index in [0.29, 0.717) is 19.3 Å². The summed E-state index contributed by atoms with van der Waals surface area (Å²) in [6, 6.07) is 3.64. The number of nitrogens with zero attached hydrogens (tertiary/aromatic N) is 1. The molecule has 2 rings (SSSR count). The first-order valence-electron chi connectivity index (χ1n) is 4.18. The molecule has 1 aromatic rings. The number of rotatable bonds is 1. The Morgan fingerprint density at radius 1 is 1.23 bits per heavy atom. The molecule has 0 spiro atoms. The van der Waals surface area contributed by atoms with E-state index in [-0.39, 0.29) is 11.8 Å². The number of hydrogen-bond acceptors (Lipinski definition) is 3. The predicted octanol–water partition coefficient (Wildman–Crippen LogP) is 1.79. The fourth-order valence-electron chi connectivity index (χ4n) is 1.40. The van der Waals surface area contributed by atoms with Gasteiger partial charge < -0.3 is 0 Å². The van der Waals surface area contributed by atoms with Crippen LogP contribution in [-0.4, -0.2) is 11.8 Å². The Bertz CT molecular complexity index is 315. The maximum absolute atomic E-state index is 11.4. The molecule has 13 heavy (non-hydrogen) atoms. The van der Waals surface area contributed by atoms with Gasteiger partial charge in [-0.15, -0.1) is 11.3 Å². The number of carbonyl (C=O) groups excluding carboxylic acids is 2. The maximum Gasteiger partial charge on any atom is 0.234 e.